The predicted molar refractivity (Wildman–Crippen MR) is 127 cm³/mol. The van der Waals surface area contributed by atoms with Gasteiger partial charge in [0.25, 0.3) is 5.91 Å². The molecular weight excluding hydrogens is 441 g/mol. The van der Waals surface area contributed by atoms with Gasteiger partial charge >= 0.3 is 0 Å². The molecule has 3 aliphatic rings. The van der Waals surface area contributed by atoms with E-state index in [1.54, 1.807) is 18.5 Å². The fraction of sp³-hybridized carbons (Fsp3) is 0.435. The van der Waals surface area contributed by atoms with Crippen LogP contribution in [0.25, 0.3) is 0 Å². The molecule has 3 N–H and O–H groups in total. The SMILES string of the molecule is O=C(NC1CCNC1)C1=CN=C(c2ccc(NCC3(c4ncccc4F)CCC3)nn2)CS1. The average molecular weight is 468 g/mol. The molecule has 1 atom stereocenters. The molecular formula is C23H26FN7OS. The van der Waals surface area contributed by atoms with Crippen molar-refractivity contribution in [2.45, 2.75) is 37.1 Å². The third kappa shape index (κ3) is 4.77. The lowest BCUT2D eigenvalue weighted by Crippen LogP contribution is -2.42. The summed E-state index contributed by atoms with van der Waals surface area (Å²) >= 11 is 1.46. The average Bonchev–Trinajstić information content (AvgIpc) is 3.33. The predicted octanol–water partition coefficient (Wildman–Crippen LogP) is 2.40. The molecule has 172 valence electrons. The third-order valence-electron chi connectivity index (χ3n) is 6.46. The fourth-order valence-electron chi connectivity index (χ4n) is 4.37. The van der Waals surface area contributed by atoms with E-state index in [4.69, 9.17) is 0 Å². The summed E-state index contributed by atoms with van der Waals surface area (Å²) in [7, 11) is 0. The molecule has 2 aliphatic heterocycles. The van der Waals surface area contributed by atoms with Crippen LogP contribution in [0.2, 0.25) is 0 Å². The van der Waals surface area contributed by atoms with Crippen LogP contribution in [0.4, 0.5) is 10.2 Å². The summed E-state index contributed by atoms with van der Waals surface area (Å²) in [5.74, 6) is 0.864. The highest BCUT2D eigenvalue weighted by Gasteiger charge is 2.41. The minimum atomic E-state index is -0.299. The number of nitrogens with zero attached hydrogens (tertiary/aromatic N) is 4. The van der Waals surface area contributed by atoms with Gasteiger partial charge in [-0.1, -0.05) is 6.42 Å². The number of anilines is 1. The number of pyridine rings is 1. The van der Waals surface area contributed by atoms with E-state index in [-0.39, 0.29) is 23.2 Å². The Labute approximate surface area is 196 Å². The highest BCUT2D eigenvalue weighted by atomic mass is 32.2. The van der Waals surface area contributed by atoms with E-state index in [1.165, 1.54) is 17.8 Å². The summed E-state index contributed by atoms with van der Waals surface area (Å²) in [4.78, 5) is 21.8. The van der Waals surface area contributed by atoms with E-state index in [2.05, 4.69) is 36.1 Å². The summed E-state index contributed by atoms with van der Waals surface area (Å²) in [6, 6.07) is 6.99. The molecule has 0 radical (unpaired) electrons. The van der Waals surface area contributed by atoms with E-state index in [0.717, 1.165) is 44.5 Å². The van der Waals surface area contributed by atoms with Crippen LogP contribution in [0.5, 0.6) is 0 Å². The number of nitrogens with one attached hydrogen (secondary N) is 3. The van der Waals surface area contributed by atoms with Gasteiger partial charge in [0.05, 0.1) is 16.3 Å². The molecule has 5 rings (SSSR count). The number of aliphatic imine (C=N–C) groups is 1. The molecule has 1 amide bonds. The lowest BCUT2D eigenvalue weighted by atomic mass is 9.66. The molecule has 2 aromatic rings. The van der Waals surface area contributed by atoms with Crippen LogP contribution < -0.4 is 16.0 Å². The van der Waals surface area contributed by atoms with Crippen molar-refractivity contribution >= 4 is 29.2 Å². The van der Waals surface area contributed by atoms with Gasteiger partial charge in [-0.15, -0.1) is 22.0 Å². The van der Waals surface area contributed by atoms with E-state index in [1.807, 2.05) is 12.1 Å². The second-order valence-corrected chi connectivity index (χ2v) is 9.66. The van der Waals surface area contributed by atoms with Crippen LogP contribution in [-0.4, -0.2) is 58.2 Å². The molecule has 33 heavy (non-hydrogen) atoms. The van der Waals surface area contributed by atoms with Gasteiger partial charge < -0.3 is 16.0 Å². The summed E-state index contributed by atoms with van der Waals surface area (Å²) in [5.41, 5.74) is 1.69. The van der Waals surface area contributed by atoms with Gasteiger partial charge in [0.15, 0.2) is 0 Å². The molecule has 2 aromatic heterocycles. The van der Waals surface area contributed by atoms with Gasteiger partial charge in [0.2, 0.25) is 0 Å². The number of carbonyl (C=O) groups is 1. The van der Waals surface area contributed by atoms with Crippen molar-refractivity contribution in [3.05, 3.63) is 58.8 Å². The summed E-state index contributed by atoms with van der Waals surface area (Å²) in [6.07, 6.45) is 7.05. The van der Waals surface area contributed by atoms with Crippen LogP contribution in [-0.2, 0) is 10.2 Å². The first kappa shape index (κ1) is 22.0. The van der Waals surface area contributed by atoms with Gasteiger partial charge in [-0.05, 0) is 50.1 Å². The molecule has 10 heteroatoms. The Hall–Kier alpha value is -2.85. The van der Waals surface area contributed by atoms with Crippen LogP contribution in [0, 0.1) is 5.82 Å². The molecule has 8 nitrogen and oxygen atoms in total. The second kappa shape index (κ2) is 9.56. The van der Waals surface area contributed by atoms with Crippen molar-refractivity contribution in [3.63, 3.8) is 0 Å². The lowest BCUT2D eigenvalue weighted by Gasteiger charge is -2.41. The van der Waals surface area contributed by atoms with E-state index >= 15 is 0 Å². The minimum Gasteiger partial charge on any atom is -0.368 e. The maximum Gasteiger partial charge on any atom is 0.259 e. The summed E-state index contributed by atoms with van der Waals surface area (Å²) in [5, 5.41) is 18.2. The number of aromatic nitrogens is 3. The standard InChI is InChI=1S/C23H26FN7OS/c24-16-3-1-9-26-21(16)23(7-2-8-23)14-28-20-5-4-17(30-31-20)18-13-33-19(12-27-18)22(32)29-15-6-10-25-11-15/h1,3-5,9,12,15,25H,2,6-8,10-11,13-14H2,(H,28,31)(H,29,32). The molecule has 1 saturated heterocycles. The largest absolute Gasteiger partial charge is 0.368 e. The van der Waals surface area contributed by atoms with E-state index in [9.17, 15) is 9.18 Å². The van der Waals surface area contributed by atoms with E-state index < -0.39 is 0 Å². The molecule has 0 bridgehead atoms. The third-order valence-corrected chi connectivity index (χ3v) is 7.48. The summed E-state index contributed by atoms with van der Waals surface area (Å²) in [6.45, 7) is 2.31. The smallest absolute Gasteiger partial charge is 0.259 e. The number of hydrogen-bond donors (Lipinski definition) is 3. The fourth-order valence-corrected chi connectivity index (χ4v) is 5.20. The number of thioether (sulfide) groups is 1. The first-order valence-electron chi connectivity index (χ1n) is 11.2. The zero-order valence-corrected chi connectivity index (χ0v) is 19.0. The van der Waals surface area contributed by atoms with Crippen LogP contribution in [0.15, 0.2) is 46.6 Å². The Morgan fingerprint density at radius 1 is 1.27 bits per heavy atom. The number of amides is 1. The molecule has 0 aromatic carbocycles. The molecule has 1 saturated carbocycles. The lowest BCUT2D eigenvalue weighted by molar-refractivity contribution is -0.117. The number of rotatable bonds is 7. The zero-order chi connectivity index (χ0) is 22.7. The molecule has 0 spiro atoms. The van der Waals surface area contributed by atoms with E-state index in [0.29, 0.717) is 34.4 Å². The first-order valence-corrected chi connectivity index (χ1v) is 12.2. The Morgan fingerprint density at radius 2 is 2.18 bits per heavy atom. The van der Waals surface area contributed by atoms with Gasteiger partial charge in [-0.2, -0.15) is 0 Å². The Kier molecular flexibility index (Phi) is 6.37. The monoisotopic (exact) mass is 467 g/mol. The maximum atomic E-state index is 14.3. The quantitative estimate of drug-likeness (QED) is 0.574. The molecule has 1 unspecified atom stereocenters. The van der Waals surface area contributed by atoms with Gasteiger partial charge in [0.1, 0.15) is 17.3 Å². The van der Waals surface area contributed by atoms with Crippen LogP contribution >= 0.6 is 11.8 Å². The Bertz CT molecular complexity index is 1080. The molecule has 4 heterocycles. The van der Waals surface area contributed by atoms with Crippen LogP contribution in [0.3, 0.4) is 0 Å². The first-order chi connectivity index (χ1) is 16.1. The van der Waals surface area contributed by atoms with Crippen molar-refractivity contribution in [2.24, 2.45) is 4.99 Å². The number of halogens is 1. The highest BCUT2D eigenvalue weighted by molar-refractivity contribution is 8.04. The highest BCUT2D eigenvalue weighted by Crippen LogP contribution is 2.43. The van der Waals surface area contributed by atoms with Gasteiger partial charge in [0, 0.05) is 42.7 Å². The van der Waals surface area contributed by atoms with Crippen molar-refractivity contribution in [1.29, 1.82) is 0 Å². The minimum absolute atomic E-state index is 0.0728. The maximum absolute atomic E-state index is 14.3. The van der Waals surface area contributed by atoms with Crippen molar-refractivity contribution in [1.82, 2.24) is 25.8 Å². The Balaban J connectivity index is 1.20. The van der Waals surface area contributed by atoms with Crippen molar-refractivity contribution in [2.75, 3.05) is 30.7 Å². The topological polar surface area (TPSA) is 104 Å². The molecule has 1 aliphatic carbocycles. The van der Waals surface area contributed by atoms with Crippen molar-refractivity contribution < 1.29 is 9.18 Å². The second-order valence-electron chi connectivity index (χ2n) is 8.65. The van der Waals surface area contributed by atoms with Crippen molar-refractivity contribution in [3.8, 4) is 0 Å². The number of hydrogen-bond acceptors (Lipinski definition) is 8. The normalized spacial score (nSPS) is 21.5. The van der Waals surface area contributed by atoms with Crippen LogP contribution in [0.1, 0.15) is 37.1 Å². The number of carbonyl (C=O) groups excluding carboxylic acids is 1. The summed E-state index contributed by atoms with van der Waals surface area (Å²) < 4.78 is 14.3. The van der Waals surface area contributed by atoms with Gasteiger partial charge in [-0.25, -0.2) is 4.39 Å². The van der Waals surface area contributed by atoms with Gasteiger partial charge in [-0.3, -0.25) is 14.8 Å². The zero-order valence-electron chi connectivity index (χ0n) is 18.2. The molecule has 2 fully saturated rings. The Morgan fingerprint density at radius 3 is 2.82 bits per heavy atom.